The summed E-state index contributed by atoms with van der Waals surface area (Å²) >= 11 is 0. The van der Waals surface area contributed by atoms with Gasteiger partial charge in [0, 0.05) is 28.8 Å². The topological polar surface area (TPSA) is 67.5 Å². The van der Waals surface area contributed by atoms with Crippen LogP contribution in [0.1, 0.15) is 34.3 Å². The number of aromatic nitrogens is 2. The van der Waals surface area contributed by atoms with Gasteiger partial charge in [-0.2, -0.15) is 0 Å². The van der Waals surface area contributed by atoms with E-state index in [2.05, 4.69) is 23.2 Å². The Hall–Kier alpha value is -3.80. The molecule has 0 unspecified atom stereocenters. The second-order valence-corrected chi connectivity index (χ2v) is 8.37. The predicted octanol–water partition coefficient (Wildman–Crippen LogP) is 4.61. The number of methoxy groups -OCH3 is 2. The predicted molar refractivity (Wildman–Crippen MR) is 128 cm³/mol. The number of amides is 1. The fourth-order valence-corrected chi connectivity index (χ4v) is 4.80. The third kappa shape index (κ3) is 3.82. The Morgan fingerprint density at radius 2 is 1.88 bits per heavy atom. The summed E-state index contributed by atoms with van der Waals surface area (Å²) in [6.07, 6.45) is 1.08. The van der Waals surface area contributed by atoms with Crippen molar-refractivity contribution in [1.82, 2.24) is 14.9 Å². The van der Waals surface area contributed by atoms with Crippen LogP contribution in [0.2, 0.25) is 0 Å². The summed E-state index contributed by atoms with van der Waals surface area (Å²) in [7, 11) is 3.21. The molecular formula is C27H27N3O3. The van der Waals surface area contributed by atoms with Gasteiger partial charge >= 0.3 is 0 Å². The zero-order chi connectivity index (χ0) is 22.9. The van der Waals surface area contributed by atoms with Gasteiger partial charge in [0.2, 0.25) is 5.91 Å². The molecular weight excluding hydrogens is 414 g/mol. The normalized spacial score (nSPS) is 15.4. The number of ether oxygens (including phenoxy) is 2. The third-order valence-corrected chi connectivity index (χ3v) is 6.35. The smallest absolute Gasteiger partial charge is 0.227 e. The number of aryl methyl sites for hydroxylation is 1. The van der Waals surface area contributed by atoms with Gasteiger partial charge in [0.15, 0.2) is 11.5 Å². The number of nitrogens with one attached hydrogen (secondary N) is 1. The standard InChI is InChI=1S/C27H27N3O3/c1-17-7-6-10-22(28-17)27-26-20(19-8-4-5-9-21(19)29-26)13-14-30(27)25(31)16-18-11-12-23(32-2)24(15-18)33-3/h4-12,15,27,29H,13-14,16H2,1-3H3/t27-/m0/s1. The van der Waals surface area contributed by atoms with Crippen LogP contribution in [0.25, 0.3) is 10.9 Å². The number of hydrogen-bond acceptors (Lipinski definition) is 4. The van der Waals surface area contributed by atoms with Crippen LogP contribution in [0, 0.1) is 6.92 Å². The van der Waals surface area contributed by atoms with Crippen molar-refractivity contribution in [2.24, 2.45) is 0 Å². The van der Waals surface area contributed by atoms with E-state index in [9.17, 15) is 4.79 Å². The maximum absolute atomic E-state index is 13.6. The highest BCUT2D eigenvalue weighted by Gasteiger charge is 2.35. The Kier molecular flexibility index (Phi) is 5.50. The summed E-state index contributed by atoms with van der Waals surface area (Å²) in [5.74, 6) is 1.33. The molecule has 0 saturated heterocycles. The van der Waals surface area contributed by atoms with Gasteiger partial charge in [-0.1, -0.05) is 30.3 Å². The quantitative estimate of drug-likeness (QED) is 0.491. The van der Waals surface area contributed by atoms with E-state index < -0.39 is 0 Å². The molecule has 1 aliphatic rings. The molecule has 3 heterocycles. The zero-order valence-corrected chi connectivity index (χ0v) is 19.1. The summed E-state index contributed by atoms with van der Waals surface area (Å²) in [6.45, 7) is 2.62. The van der Waals surface area contributed by atoms with Crippen molar-refractivity contribution in [2.75, 3.05) is 20.8 Å². The second kappa shape index (κ2) is 8.62. The SMILES string of the molecule is COc1ccc(CC(=O)N2CCc3c([nH]c4ccccc34)[C@@H]2c2cccc(C)n2)cc1OC. The fourth-order valence-electron chi connectivity index (χ4n) is 4.80. The largest absolute Gasteiger partial charge is 0.493 e. The number of H-pyrrole nitrogens is 1. The molecule has 2 aromatic carbocycles. The lowest BCUT2D eigenvalue weighted by Gasteiger charge is -2.36. The second-order valence-electron chi connectivity index (χ2n) is 8.37. The lowest BCUT2D eigenvalue weighted by molar-refractivity contribution is -0.132. The van der Waals surface area contributed by atoms with Crippen LogP contribution in [0.3, 0.4) is 0 Å². The maximum Gasteiger partial charge on any atom is 0.227 e. The van der Waals surface area contributed by atoms with Gasteiger partial charge in [0.1, 0.15) is 6.04 Å². The van der Waals surface area contributed by atoms with Crippen molar-refractivity contribution >= 4 is 16.8 Å². The van der Waals surface area contributed by atoms with Crippen molar-refractivity contribution in [3.8, 4) is 11.5 Å². The molecule has 0 bridgehead atoms. The van der Waals surface area contributed by atoms with Crippen molar-refractivity contribution in [3.63, 3.8) is 0 Å². The molecule has 0 saturated carbocycles. The van der Waals surface area contributed by atoms with Gasteiger partial charge in [-0.05, 0) is 54.8 Å². The van der Waals surface area contributed by atoms with Gasteiger partial charge in [0.05, 0.1) is 26.3 Å². The number of fused-ring (bicyclic) bond motifs is 3. The minimum absolute atomic E-state index is 0.0554. The Bertz CT molecular complexity index is 1330. The first-order valence-corrected chi connectivity index (χ1v) is 11.1. The number of nitrogens with zero attached hydrogens (tertiary/aromatic N) is 2. The number of hydrogen-bond donors (Lipinski definition) is 1. The van der Waals surface area contributed by atoms with Crippen LogP contribution in [0.4, 0.5) is 0 Å². The number of pyridine rings is 1. The Labute approximate surface area is 193 Å². The Morgan fingerprint density at radius 3 is 2.67 bits per heavy atom. The minimum atomic E-state index is -0.256. The van der Waals surface area contributed by atoms with Crippen LogP contribution in [0.5, 0.6) is 11.5 Å². The zero-order valence-electron chi connectivity index (χ0n) is 19.1. The molecule has 1 atom stereocenters. The summed E-state index contributed by atoms with van der Waals surface area (Å²) < 4.78 is 10.8. The molecule has 1 amide bonds. The van der Waals surface area contributed by atoms with Crippen molar-refractivity contribution in [1.29, 1.82) is 0 Å². The molecule has 33 heavy (non-hydrogen) atoms. The Balaban J connectivity index is 1.54. The third-order valence-electron chi connectivity index (χ3n) is 6.35. The van der Waals surface area contributed by atoms with Gasteiger partial charge in [-0.25, -0.2) is 0 Å². The van der Waals surface area contributed by atoms with Crippen molar-refractivity contribution < 1.29 is 14.3 Å². The first-order valence-electron chi connectivity index (χ1n) is 11.1. The van der Waals surface area contributed by atoms with E-state index in [1.54, 1.807) is 14.2 Å². The van der Waals surface area contributed by atoms with Gasteiger partial charge in [-0.15, -0.1) is 0 Å². The number of para-hydroxylation sites is 1. The fraction of sp³-hybridized carbons (Fsp3) is 0.259. The number of aromatic amines is 1. The first-order chi connectivity index (χ1) is 16.1. The molecule has 4 aromatic rings. The van der Waals surface area contributed by atoms with E-state index >= 15 is 0 Å². The maximum atomic E-state index is 13.6. The van der Waals surface area contributed by atoms with Crippen molar-refractivity contribution in [2.45, 2.75) is 25.8 Å². The van der Waals surface area contributed by atoms with Gasteiger partial charge in [0.25, 0.3) is 0 Å². The number of carbonyl (C=O) groups excluding carboxylic acids is 1. The summed E-state index contributed by atoms with van der Waals surface area (Å²) in [5, 5.41) is 1.22. The van der Waals surface area contributed by atoms with Crippen LogP contribution >= 0.6 is 0 Å². The molecule has 168 valence electrons. The minimum Gasteiger partial charge on any atom is -0.493 e. The molecule has 0 fully saturated rings. The molecule has 0 spiro atoms. The molecule has 0 aliphatic carbocycles. The molecule has 0 radical (unpaired) electrons. The molecule has 1 aliphatic heterocycles. The number of benzene rings is 2. The van der Waals surface area contributed by atoms with Crippen LogP contribution in [0.15, 0.2) is 60.7 Å². The molecule has 5 rings (SSSR count). The molecule has 6 heteroatoms. The van der Waals surface area contributed by atoms with Crippen LogP contribution in [-0.2, 0) is 17.6 Å². The summed E-state index contributed by atoms with van der Waals surface area (Å²) in [6, 6.07) is 19.7. The highest BCUT2D eigenvalue weighted by Crippen LogP contribution is 2.38. The lowest BCUT2D eigenvalue weighted by atomic mass is 9.94. The average molecular weight is 442 g/mol. The lowest BCUT2D eigenvalue weighted by Crippen LogP contribution is -2.41. The van der Waals surface area contributed by atoms with E-state index in [4.69, 9.17) is 14.5 Å². The van der Waals surface area contributed by atoms with E-state index in [0.717, 1.165) is 34.6 Å². The van der Waals surface area contributed by atoms with E-state index in [1.165, 1.54) is 10.9 Å². The Morgan fingerprint density at radius 1 is 1.06 bits per heavy atom. The van der Waals surface area contributed by atoms with E-state index in [1.807, 2.05) is 54.3 Å². The first kappa shape index (κ1) is 21.1. The summed E-state index contributed by atoms with van der Waals surface area (Å²) in [5.41, 5.74) is 6.12. The van der Waals surface area contributed by atoms with Crippen LogP contribution in [-0.4, -0.2) is 41.5 Å². The molecule has 2 aromatic heterocycles. The highest BCUT2D eigenvalue weighted by molar-refractivity contribution is 5.87. The molecule has 6 nitrogen and oxygen atoms in total. The molecule has 1 N–H and O–H groups in total. The van der Waals surface area contributed by atoms with Gasteiger partial charge < -0.3 is 19.4 Å². The highest BCUT2D eigenvalue weighted by atomic mass is 16.5. The summed E-state index contributed by atoms with van der Waals surface area (Å²) in [4.78, 5) is 24.0. The average Bonchev–Trinajstić information content (AvgIpc) is 3.22. The number of rotatable bonds is 5. The number of carbonyl (C=O) groups is 1. The van der Waals surface area contributed by atoms with Gasteiger partial charge in [-0.3, -0.25) is 9.78 Å². The van der Waals surface area contributed by atoms with E-state index in [0.29, 0.717) is 18.0 Å². The van der Waals surface area contributed by atoms with Crippen molar-refractivity contribution in [3.05, 3.63) is 88.9 Å². The van der Waals surface area contributed by atoms with E-state index in [-0.39, 0.29) is 18.4 Å². The monoisotopic (exact) mass is 441 g/mol. The van der Waals surface area contributed by atoms with Crippen LogP contribution < -0.4 is 9.47 Å².